The van der Waals surface area contributed by atoms with Gasteiger partial charge < -0.3 is 9.47 Å². The van der Waals surface area contributed by atoms with Crippen LogP contribution in [-0.4, -0.2) is 25.3 Å². The summed E-state index contributed by atoms with van der Waals surface area (Å²) in [5, 5.41) is 0. The minimum absolute atomic E-state index is 0.0223. The molecule has 0 saturated carbocycles. The third-order valence-electron chi connectivity index (χ3n) is 1.68. The van der Waals surface area contributed by atoms with E-state index < -0.39 is 0 Å². The number of ether oxygens (including phenoxy) is 2. The fourth-order valence-electron chi connectivity index (χ4n) is 0.991. The third-order valence-corrected chi connectivity index (χ3v) is 1.68. The van der Waals surface area contributed by atoms with Crippen molar-refractivity contribution < 1.29 is 14.3 Å². The van der Waals surface area contributed by atoms with E-state index in [1.807, 2.05) is 0 Å². The fraction of sp³-hybridized carbons (Fsp3) is 0.875. The van der Waals surface area contributed by atoms with Gasteiger partial charge in [0.15, 0.2) is 0 Å². The molecule has 11 heavy (non-hydrogen) atoms. The lowest BCUT2D eigenvalue weighted by atomic mass is 10.3. The first kappa shape index (κ1) is 8.53. The molecule has 1 unspecified atom stereocenters. The monoisotopic (exact) mass is 158 g/mol. The highest BCUT2D eigenvalue weighted by molar-refractivity contribution is 5.71. The Morgan fingerprint density at radius 1 is 1.73 bits per heavy atom. The van der Waals surface area contributed by atoms with Crippen LogP contribution in [0.4, 0.5) is 0 Å². The van der Waals surface area contributed by atoms with E-state index in [9.17, 15) is 4.79 Å². The molecule has 1 aliphatic rings. The fourth-order valence-corrected chi connectivity index (χ4v) is 0.991. The number of carbonyl (C=O) groups excluding carboxylic acids is 1. The van der Waals surface area contributed by atoms with Crippen LogP contribution in [0.1, 0.15) is 26.2 Å². The van der Waals surface area contributed by atoms with Gasteiger partial charge in [-0.05, 0) is 6.42 Å². The van der Waals surface area contributed by atoms with Gasteiger partial charge in [-0.3, -0.25) is 4.79 Å². The molecule has 1 saturated heterocycles. The summed E-state index contributed by atoms with van der Waals surface area (Å²) in [5.41, 5.74) is 0. The number of unbranched alkanes of at least 4 members (excludes halogenated alkanes) is 1. The maximum Gasteiger partial charge on any atom is 0.308 e. The van der Waals surface area contributed by atoms with Gasteiger partial charge in [0, 0.05) is 6.61 Å². The average molecular weight is 158 g/mol. The molecule has 1 rings (SSSR count). The van der Waals surface area contributed by atoms with Crippen LogP contribution in [0.2, 0.25) is 0 Å². The lowest BCUT2D eigenvalue weighted by molar-refractivity contribution is -0.137. The topological polar surface area (TPSA) is 35.5 Å². The van der Waals surface area contributed by atoms with Crippen molar-refractivity contribution >= 4 is 5.97 Å². The predicted molar refractivity (Wildman–Crippen MR) is 40.2 cm³/mol. The summed E-state index contributed by atoms with van der Waals surface area (Å²) in [4.78, 5) is 10.6. The van der Waals surface area contributed by atoms with Crippen molar-refractivity contribution in [2.75, 3.05) is 13.2 Å². The number of esters is 1. The largest absolute Gasteiger partial charge is 0.463 e. The van der Waals surface area contributed by atoms with Crippen LogP contribution in [0.25, 0.3) is 0 Å². The Balaban J connectivity index is 2.04. The normalized spacial score (nSPS) is 23.7. The maximum atomic E-state index is 10.6. The molecule has 3 nitrogen and oxygen atoms in total. The number of rotatable bonds is 4. The molecule has 64 valence electrons. The second-order valence-corrected chi connectivity index (χ2v) is 2.73. The van der Waals surface area contributed by atoms with Crippen molar-refractivity contribution in [1.29, 1.82) is 0 Å². The van der Waals surface area contributed by atoms with E-state index in [4.69, 9.17) is 9.47 Å². The van der Waals surface area contributed by atoms with Crippen LogP contribution < -0.4 is 0 Å². The van der Waals surface area contributed by atoms with Gasteiger partial charge in [0.1, 0.15) is 12.7 Å². The molecule has 1 heterocycles. The van der Waals surface area contributed by atoms with Crippen LogP contribution in [0.15, 0.2) is 0 Å². The van der Waals surface area contributed by atoms with E-state index in [2.05, 4.69) is 6.92 Å². The Hall–Kier alpha value is -0.570. The van der Waals surface area contributed by atoms with E-state index >= 15 is 0 Å². The van der Waals surface area contributed by atoms with Crippen molar-refractivity contribution in [1.82, 2.24) is 0 Å². The summed E-state index contributed by atoms with van der Waals surface area (Å²) in [6.45, 7) is 3.31. The van der Waals surface area contributed by atoms with Gasteiger partial charge in [-0.2, -0.15) is 0 Å². The number of hydrogen-bond donors (Lipinski definition) is 0. The molecule has 0 bridgehead atoms. The molecule has 0 aromatic rings. The Morgan fingerprint density at radius 3 is 3.09 bits per heavy atom. The van der Waals surface area contributed by atoms with Crippen molar-refractivity contribution in [2.45, 2.75) is 32.3 Å². The standard InChI is InChI=1S/C8H14O3/c1-2-3-4-10-7-5-8(9)11-6-7/h7H,2-6H2,1H3. The van der Waals surface area contributed by atoms with Crippen LogP contribution >= 0.6 is 0 Å². The van der Waals surface area contributed by atoms with E-state index in [1.165, 1.54) is 0 Å². The Labute approximate surface area is 66.7 Å². The Morgan fingerprint density at radius 2 is 2.55 bits per heavy atom. The van der Waals surface area contributed by atoms with Gasteiger partial charge in [0.2, 0.25) is 0 Å². The minimum Gasteiger partial charge on any atom is -0.463 e. The van der Waals surface area contributed by atoms with Gasteiger partial charge in [-0.25, -0.2) is 0 Å². The lowest BCUT2D eigenvalue weighted by Crippen LogP contribution is -2.12. The van der Waals surface area contributed by atoms with Crippen LogP contribution in [0.5, 0.6) is 0 Å². The molecule has 0 spiro atoms. The van der Waals surface area contributed by atoms with Gasteiger partial charge in [0.05, 0.1) is 6.42 Å². The first-order valence-electron chi connectivity index (χ1n) is 4.10. The zero-order valence-electron chi connectivity index (χ0n) is 6.84. The van der Waals surface area contributed by atoms with Crippen LogP contribution in [0.3, 0.4) is 0 Å². The summed E-state index contributed by atoms with van der Waals surface area (Å²) < 4.78 is 10.1. The summed E-state index contributed by atoms with van der Waals surface area (Å²) in [6.07, 6.45) is 2.64. The van der Waals surface area contributed by atoms with Gasteiger partial charge in [0.25, 0.3) is 0 Å². The van der Waals surface area contributed by atoms with E-state index in [0.29, 0.717) is 13.0 Å². The molecule has 0 aromatic heterocycles. The summed E-state index contributed by atoms with van der Waals surface area (Å²) >= 11 is 0. The van der Waals surface area contributed by atoms with Crippen molar-refractivity contribution in [3.05, 3.63) is 0 Å². The smallest absolute Gasteiger partial charge is 0.308 e. The molecule has 0 amide bonds. The molecular weight excluding hydrogens is 144 g/mol. The highest BCUT2D eigenvalue weighted by atomic mass is 16.6. The zero-order valence-corrected chi connectivity index (χ0v) is 6.84. The molecule has 3 heteroatoms. The number of carbonyl (C=O) groups is 1. The SMILES string of the molecule is CCCCOC1COC(=O)C1. The number of hydrogen-bond acceptors (Lipinski definition) is 3. The number of cyclic esters (lactones) is 1. The van der Waals surface area contributed by atoms with Crippen molar-refractivity contribution in [3.63, 3.8) is 0 Å². The molecule has 0 radical (unpaired) electrons. The molecule has 1 fully saturated rings. The predicted octanol–water partition coefficient (Wildman–Crippen LogP) is 1.12. The lowest BCUT2D eigenvalue weighted by Gasteiger charge is -2.06. The maximum absolute atomic E-state index is 10.6. The van der Waals surface area contributed by atoms with E-state index in [-0.39, 0.29) is 12.1 Å². The quantitative estimate of drug-likeness (QED) is 0.454. The molecule has 0 N–H and O–H groups in total. The van der Waals surface area contributed by atoms with E-state index in [0.717, 1.165) is 19.4 Å². The summed E-state index contributed by atoms with van der Waals surface area (Å²) in [6, 6.07) is 0. The van der Waals surface area contributed by atoms with Crippen LogP contribution in [0, 0.1) is 0 Å². The summed E-state index contributed by atoms with van der Waals surface area (Å²) in [7, 11) is 0. The second kappa shape index (κ2) is 4.34. The third kappa shape index (κ3) is 2.89. The highest BCUT2D eigenvalue weighted by Crippen LogP contribution is 2.09. The van der Waals surface area contributed by atoms with Crippen LogP contribution in [-0.2, 0) is 14.3 Å². The summed E-state index contributed by atoms with van der Waals surface area (Å²) in [5.74, 6) is -0.133. The molecule has 0 aromatic carbocycles. The molecule has 1 aliphatic heterocycles. The van der Waals surface area contributed by atoms with Gasteiger partial charge >= 0.3 is 5.97 Å². The molecule has 0 aliphatic carbocycles. The highest BCUT2D eigenvalue weighted by Gasteiger charge is 2.23. The Kier molecular flexibility index (Phi) is 3.36. The first-order valence-corrected chi connectivity index (χ1v) is 4.10. The van der Waals surface area contributed by atoms with E-state index in [1.54, 1.807) is 0 Å². The Bertz CT molecular complexity index is 133. The zero-order chi connectivity index (χ0) is 8.10. The van der Waals surface area contributed by atoms with Crippen molar-refractivity contribution in [3.8, 4) is 0 Å². The molecule has 1 atom stereocenters. The van der Waals surface area contributed by atoms with Gasteiger partial charge in [-0.15, -0.1) is 0 Å². The first-order chi connectivity index (χ1) is 5.33. The second-order valence-electron chi connectivity index (χ2n) is 2.73. The van der Waals surface area contributed by atoms with Crippen molar-refractivity contribution in [2.24, 2.45) is 0 Å². The average Bonchev–Trinajstić information content (AvgIpc) is 2.37. The van der Waals surface area contributed by atoms with Gasteiger partial charge in [-0.1, -0.05) is 13.3 Å². The molecular formula is C8H14O3. The minimum atomic E-state index is -0.133.